The van der Waals surface area contributed by atoms with Crippen LogP contribution in [-0.4, -0.2) is 31.1 Å². The summed E-state index contributed by atoms with van der Waals surface area (Å²) in [6, 6.07) is 1.98. The van der Waals surface area contributed by atoms with Gasteiger partial charge in [-0.1, -0.05) is 13.8 Å². The van der Waals surface area contributed by atoms with Crippen LogP contribution in [0.25, 0.3) is 0 Å². The van der Waals surface area contributed by atoms with Gasteiger partial charge in [-0.25, -0.2) is 0 Å². The smallest absolute Gasteiger partial charge is 0.178 e. The predicted octanol–water partition coefficient (Wildman–Crippen LogP) is 0.794. The summed E-state index contributed by atoms with van der Waals surface area (Å²) in [5.41, 5.74) is -0.750. The Balaban J connectivity index is 2.39. The van der Waals surface area contributed by atoms with E-state index in [-0.39, 0.29) is 11.4 Å². The Bertz CT molecular complexity index is 384. The molecule has 2 rings (SSSR count). The molecule has 1 spiro atoms. The van der Waals surface area contributed by atoms with E-state index in [9.17, 15) is 4.79 Å². The molecule has 1 aliphatic carbocycles. The van der Waals surface area contributed by atoms with Crippen LogP contribution >= 0.6 is 0 Å². The van der Waals surface area contributed by atoms with Crippen LogP contribution in [-0.2, 0) is 9.53 Å². The third kappa shape index (κ3) is 1.77. The average Bonchev–Trinajstić information content (AvgIpc) is 2.24. The van der Waals surface area contributed by atoms with Crippen molar-refractivity contribution in [1.29, 1.82) is 5.26 Å². The van der Waals surface area contributed by atoms with Crippen molar-refractivity contribution < 1.29 is 9.53 Å². The molecule has 0 radical (unpaired) electrons. The second-order valence-electron chi connectivity index (χ2n) is 5.15. The number of nitrogens with zero attached hydrogens (tertiary/aromatic N) is 1. The molecule has 1 aliphatic heterocycles. The van der Waals surface area contributed by atoms with Gasteiger partial charge in [0, 0.05) is 18.5 Å². The number of Topliss-reactive ketones (excluding diaryl/α,β-unsaturated/α-hetero) is 1. The van der Waals surface area contributed by atoms with Crippen molar-refractivity contribution in [2.45, 2.75) is 25.9 Å². The van der Waals surface area contributed by atoms with Gasteiger partial charge in [0.2, 0.25) is 0 Å². The fourth-order valence-electron chi connectivity index (χ4n) is 2.54. The number of nitrogens with one attached hydrogen (secondary N) is 1. The molecular weight excluding hydrogens is 204 g/mol. The number of ether oxygens (including phenoxy) is 1. The Morgan fingerprint density at radius 2 is 2.31 bits per heavy atom. The van der Waals surface area contributed by atoms with E-state index in [1.807, 2.05) is 19.9 Å². The maximum Gasteiger partial charge on any atom is 0.178 e. The topological polar surface area (TPSA) is 62.1 Å². The molecule has 1 heterocycles. The molecule has 1 N–H and O–H groups in total. The normalized spacial score (nSPS) is 33.3. The molecule has 0 aromatic carbocycles. The first-order valence-corrected chi connectivity index (χ1v) is 5.52. The molecule has 0 bridgehead atoms. The van der Waals surface area contributed by atoms with Crippen molar-refractivity contribution in [3.05, 3.63) is 11.6 Å². The minimum Gasteiger partial charge on any atom is -0.368 e. The fraction of sp³-hybridized carbons (Fsp3) is 0.667. The maximum atomic E-state index is 11.9. The molecule has 1 fully saturated rings. The number of carbonyl (C=O) groups is 1. The van der Waals surface area contributed by atoms with Crippen LogP contribution in [0.4, 0.5) is 0 Å². The molecule has 4 nitrogen and oxygen atoms in total. The molecule has 86 valence electrons. The van der Waals surface area contributed by atoms with Gasteiger partial charge >= 0.3 is 0 Å². The second kappa shape index (κ2) is 3.69. The minimum atomic E-state index is -0.515. The van der Waals surface area contributed by atoms with Gasteiger partial charge in [0.05, 0.1) is 12.2 Å². The summed E-state index contributed by atoms with van der Waals surface area (Å²) >= 11 is 0. The van der Waals surface area contributed by atoms with Gasteiger partial charge in [-0.15, -0.1) is 0 Å². The lowest BCUT2D eigenvalue weighted by Gasteiger charge is -2.43. The number of carbonyl (C=O) groups excluding carboxylic acids is 1. The Morgan fingerprint density at radius 3 is 2.88 bits per heavy atom. The van der Waals surface area contributed by atoms with Gasteiger partial charge in [-0.05, 0) is 12.5 Å². The second-order valence-corrected chi connectivity index (χ2v) is 5.15. The summed E-state index contributed by atoms with van der Waals surface area (Å²) in [5.74, 6) is -0.0743. The van der Waals surface area contributed by atoms with Crippen molar-refractivity contribution in [2.24, 2.45) is 5.41 Å². The van der Waals surface area contributed by atoms with Gasteiger partial charge < -0.3 is 10.1 Å². The van der Waals surface area contributed by atoms with Crippen LogP contribution in [0.1, 0.15) is 20.3 Å². The molecule has 0 aromatic heterocycles. The Morgan fingerprint density at radius 1 is 1.56 bits per heavy atom. The van der Waals surface area contributed by atoms with Gasteiger partial charge in [0.1, 0.15) is 11.7 Å². The average molecular weight is 220 g/mol. The zero-order chi connectivity index (χ0) is 11.8. The van der Waals surface area contributed by atoms with E-state index >= 15 is 0 Å². The van der Waals surface area contributed by atoms with Crippen LogP contribution in [0.3, 0.4) is 0 Å². The lowest BCUT2D eigenvalue weighted by atomic mass is 9.69. The van der Waals surface area contributed by atoms with E-state index in [0.29, 0.717) is 19.6 Å². The number of hydrogen-bond acceptors (Lipinski definition) is 4. The first-order chi connectivity index (χ1) is 7.49. The van der Waals surface area contributed by atoms with Crippen molar-refractivity contribution in [2.75, 3.05) is 19.7 Å². The number of ketones is 1. The molecular formula is C12H16N2O2. The van der Waals surface area contributed by atoms with Crippen molar-refractivity contribution >= 4 is 5.78 Å². The molecule has 0 saturated carbocycles. The molecule has 0 aromatic rings. The SMILES string of the molecule is CC1(C)CC2(C=C(C#N)C1=O)CNCCO2. The van der Waals surface area contributed by atoms with Crippen molar-refractivity contribution in [1.82, 2.24) is 5.32 Å². The van der Waals surface area contributed by atoms with E-state index in [1.165, 1.54) is 0 Å². The summed E-state index contributed by atoms with van der Waals surface area (Å²) in [6.07, 6.45) is 2.34. The van der Waals surface area contributed by atoms with Gasteiger partial charge in [0.15, 0.2) is 5.78 Å². The van der Waals surface area contributed by atoms with E-state index in [1.54, 1.807) is 6.08 Å². The highest BCUT2D eigenvalue weighted by Gasteiger charge is 2.46. The zero-order valence-electron chi connectivity index (χ0n) is 9.67. The van der Waals surface area contributed by atoms with Crippen LogP contribution < -0.4 is 5.32 Å². The number of nitriles is 1. The maximum absolute atomic E-state index is 11.9. The number of rotatable bonds is 0. The van der Waals surface area contributed by atoms with Gasteiger partial charge in [-0.3, -0.25) is 4.79 Å². The highest BCUT2D eigenvalue weighted by molar-refractivity contribution is 6.03. The lowest BCUT2D eigenvalue weighted by molar-refractivity contribution is -0.130. The van der Waals surface area contributed by atoms with Gasteiger partial charge in [-0.2, -0.15) is 5.26 Å². The number of allylic oxidation sites excluding steroid dienone is 1. The fourth-order valence-corrected chi connectivity index (χ4v) is 2.54. The third-order valence-electron chi connectivity index (χ3n) is 3.22. The Labute approximate surface area is 95.3 Å². The lowest BCUT2D eigenvalue weighted by Crippen LogP contribution is -2.54. The monoisotopic (exact) mass is 220 g/mol. The number of morpholine rings is 1. The van der Waals surface area contributed by atoms with E-state index < -0.39 is 11.0 Å². The summed E-state index contributed by atoms with van der Waals surface area (Å²) in [7, 11) is 0. The van der Waals surface area contributed by atoms with Crippen LogP contribution in [0.5, 0.6) is 0 Å². The standard InChI is InChI=1S/C12H16N2O2/c1-11(2)7-12(8-14-3-4-16-12)5-9(6-13)10(11)15/h5,14H,3-4,7-8H2,1-2H3. The van der Waals surface area contributed by atoms with E-state index in [0.717, 1.165) is 6.54 Å². The first kappa shape index (κ1) is 11.3. The molecule has 4 heteroatoms. The highest BCUT2D eigenvalue weighted by atomic mass is 16.5. The highest BCUT2D eigenvalue weighted by Crippen LogP contribution is 2.39. The Kier molecular flexibility index (Phi) is 2.61. The third-order valence-corrected chi connectivity index (χ3v) is 3.22. The molecule has 0 amide bonds. The van der Waals surface area contributed by atoms with Crippen LogP contribution in [0, 0.1) is 16.7 Å². The summed E-state index contributed by atoms with van der Waals surface area (Å²) in [4.78, 5) is 11.9. The number of hydrogen-bond donors (Lipinski definition) is 1. The molecule has 2 aliphatic rings. The summed E-state index contributed by atoms with van der Waals surface area (Å²) in [6.45, 7) is 5.87. The van der Waals surface area contributed by atoms with E-state index in [4.69, 9.17) is 10.00 Å². The molecule has 16 heavy (non-hydrogen) atoms. The zero-order valence-corrected chi connectivity index (χ0v) is 9.67. The van der Waals surface area contributed by atoms with Crippen LogP contribution in [0.2, 0.25) is 0 Å². The summed E-state index contributed by atoms with van der Waals surface area (Å²) in [5, 5.41) is 12.2. The van der Waals surface area contributed by atoms with Crippen molar-refractivity contribution in [3.63, 3.8) is 0 Å². The van der Waals surface area contributed by atoms with Crippen molar-refractivity contribution in [3.8, 4) is 6.07 Å². The quantitative estimate of drug-likeness (QED) is 0.655. The molecule has 1 atom stereocenters. The van der Waals surface area contributed by atoms with Gasteiger partial charge in [0.25, 0.3) is 0 Å². The first-order valence-electron chi connectivity index (χ1n) is 5.52. The minimum absolute atomic E-state index is 0.0743. The summed E-state index contributed by atoms with van der Waals surface area (Å²) < 4.78 is 5.78. The largest absolute Gasteiger partial charge is 0.368 e. The van der Waals surface area contributed by atoms with E-state index in [2.05, 4.69) is 5.32 Å². The Hall–Kier alpha value is -1.18. The molecule has 1 unspecified atom stereocenters. The molecule has 1 saturated heterocycles. The van der Waals surface area contributed by atoms with Crippen LogP contribution in [0.15, 0.2) is 11.6 Å². The predicted molar refractivity (Wildman–Crippen MR) is 58.7 cm³/mol.